The van der Waals surface area contributed by atoms with Crippen LogP contribution in [0.15, 0.2) is 71.8 Å². The monoisotopic (exact) mass is 362 g/mol. The second-order valence-electron chi connectivity index (χ2n) is 5.67. The van der Waals surface area contributed by atoms with E-state index in [1.165, 1.54) is 10.9 Å². The van der Waals surface area contributed by atoms with Gasteiger partial charge < -0.3 is 5.32 Å². The highest BCUT2D eigenvalue weighted by Gasteiger charge is 2.15. The van der Waals surface area contributed by atoms with Gasteiger partial charge in [-0.3, -0.25) is 14.2 Å². The highest BCUT2D eigenvalue weighted by Crippen LogP contribution is 2.26. The van der Waals surface area contributed by atoms with Gasteiger partial charge in [0.25, 0.3) is 5.56 Å². The van der Waals surface area contributed by atoms with Gasteiger partial charge in [0.1, 0.15) is 22.5 Å². The zero-order chi connectivity index (χ0) is 17.9. The van der Waals surface area contributed by atoms with Gasteiger partial charge in [-0.05, 0) is 23.7 Å². The predicted molar refractivity (Wildman–Crippen MR) is 102 cm³/mol. The number of fused-ring (bicyclic) bond motifs is 1. The molecular formula is C19H14N4O2S. The maximum absolute atomic E-state index is 12.7. The molecule has 4 rings (SSSR count). The highest BCUT2D eigenvalue weighted by atomic mass is 32.1. The van der Waals surface area contributed by atoms with Crippen molar-refractivity contribution in [2.75, 3.05) is 5.32 Å². The molecule has 0 saturated carbocycles. The molecule has 1 N–H and O–H groups in total. The van der Waals surface area contributed by atoms with E-state index in [1.54, 1.807) is 12.1 Å². The smallest absolute Gasteiger partial charge is 0.273 e. The first-order chi connectivity index (χ1) is 12.7. The average Bonchev–Trinajstić information content (AvgIpc) is 3.10. The summed E-state index contributed by atoms with van der Waals surface area (Å²) in [4.78, 5) is 29.2. The molecule has 26 heavy (non-hydrogen) atoms. The molecule has 0 bridgehead atoms. The van der Waals surface area contributed by atoms with E-state index in [-0.39, 0.29) is 18.0 Å². The summed E-state index contributed by atoms with van der Waals surface area (Å²) in [6, 6.07) is 18.7. The van der Waals surface area contributed by atoms with Crippen LogP contribution in [0.4, 0.5) is 5.69 Å². The number of nitrogens with zero attached hydrogens (tertiary/aromatic N) is 3. The summed E-state index contributed by atoms with van der Waals surface area (Å²) in [5.74, 6) is -0.285. The van der Waals surface area contributed by atoms with Crippen LogP contribution in [-0.4, -0.2) is 19.8 Å². The van der Waals surface area contributed by atoms with Crippen LogP contribution in [0.3, 0.4) is 0 Å². The Kier molecular flexibility index (Phi) is 4.28. The van der Waals surface area contributed by atoms with Gasteiger partial charge in [-0.2, -0.15) is 4.37 Å². The summed E-state index contributed by atoms with van der Waals surface area (Å²) in [5, 5.41) is 2.76. The van der Waals surface area contributed by atoms with Crippen LogP contribution in [-0.2, 0) is 11.3 Å². The number of benzene rings is 2. The van der Waals surface area contributed by atoms with Crippen LogP contribution in [0.1, 0.15) is 0 Å². The van der Waals surface area contributed by atoms with Crippen molar-refractivity contribution in [1.82, 2.24) is 13.9 Å². The first-order valence-corrected chi connectivity index (χ1v) is 8.75. The van der Waals surface area contributed by atoms with Crippen molar-refractivity contribution >= 4 is 33.3 Å². The number of aromatic nitrogens is 3. The molecule has 2 aromatic carbocycles. The molecule has 0 aliphatic heterocycles. The van der Waals surface area contributed by atoms with Crippen LogP contribution < -0.4 is 10.9 Å². The Morgan fingerprint density at radius 3 is 2.46 bits per heavy atom. The molecule has 1 amide bonds. The molecular weight excluding hydrogens is 348 g/mol. The maximum Gasteiger partial charge on any atom is 0.273 e. The molecule has 0 aliphatic rings. The lowest BCUT2D eigenvalue weighted by atomic mass is 10.1. The molecule has 128 valence electrons. The van der Waals surface area contributed by atoms with E-state index in [1.807, 2.05) is 48.5 Å². The topological polar surface area (TPSA) is 76.9 Å². The minimum absolute atomic E-state index is 0.102. The molecule has 0 spiro atoms. The third kappa shape index (κ3) is 3.12. The Labute approximate surface area is 152 Å². The van der Waals surface area contributed by atoms with Crippen molar-refractivity contribution < 1.29 is 4.79 Å². The fourth-order valence-electron chi connectivity index (χ4n) is 2.63. The Hall–Kier alpha value is -3.32. The highest BCUT2D eigenvalue weighted by molar-refractivity contribution is 7.13. The van der Waals surface area contributed by atoms with E-state index >= 15 is 0 Å². The molecule has 0 radical (unpaired) electrons. The summed E-state index contributed by atoms with van der Waals surface area (Å²) in [5.41, 5.74) is 2.57. The lowest BCUT2D eigenvalue weighted by Gasteiger charge is -2.07. The van der Waals surface area contributed by atoms with E-state index in [9.17, 15) is 9.59 Å². The molecule has 0 atom stereocenters. The Morgan fingerprint density at radius 1 is 1.04 bits per heavy atom. The summed E-state index contributed by atoms with van der Waals surface area (Å²) in [6.45, 7) is -0.102. The normalized spacial score (nSPS) is 10.8. The van der Waals surface area contributed by atoms with Crippen molar-refractivity contribution in [2.45, 2.75) is 6.54 Å². The van der Waals surface area contributed by atoms with Gasteiger partial charge >= 0.3 is 0 Å². The van der Waals surface area contributed by atoms with Gasteiger partial charge in [0.15, 0.2) is 0 Å². The van der Waals surface area contributed by atoms with Gasteiger partial charge in [0.2, 0.25) is 5.91 Å². The summed E-state index contributed by atoms with van der Waals surface area (Å²) in [7, 11) is 0. The number of rotatable bonds is 4. The Morgan fingerprint density at radius 2 is 1.73 bits per heavy atom. The Balaban J connectivity index is 1.63. The lowest BCUT2D eigenvalue weighted by molar-refractivity contribution is -0.116. The Bertz CT molecular complexity index is 1120. The van der Waals surface area contributed by atoms with Crippen LogP contribution in [0.25, 0.3) is 21.5 Å². The fraction of sp³-hybridized carbons (Fsp3) is 0.0526. The van der Waals surface area contributed by atoms with E-state index in [0.717, 1.165) is 17.1 Å². The largest absolute Gasteiger partial charge is 0.325 e. The van der Waals surface area contributed by atoms with Crippen molar-refractivity contribution in [3.63, 3.8) is 0 Å². The van der Waals surface area contributed by atoms with Crippen LogP contribution in [0.5, 0.6) is 0 Å². The van der Waals surface area contributed by atoms with Crippen LogP contribution >= 0.6 is 11.5 Å². The van der Waals surface area contributed by atoms with Gasteiger partial charge in [-0.1, -0.05) is 48.5 Å². The minimum atomic E-state index is -0.285. The molecule has 7 heteroatoms. The molecule has 4 aromatic rings. The summed E-state index contributed by atoms with van der Waals surface area (Å²) in [6.07, 6.45) is 1.40. The third-order valence-electron chi connectivity index (χ3n) is 3.87. The average molecular weight is 362 g/mol. The number of nitrogens with one attached hydrogen (secondary N) is 1. The molecule has 2 heterocycles. The van der Waals surface area contributed by atoms with Crippen molar-refractivity contribution in [3.05, 3.63) is 77.3 Å². The van der Waals surface area contributed by atoms with Gasteiger partial charge in [0, 0.05) is 11.3 Å². The second-order valence-corrected chi connectivity index (χ2v) is 6.44. The first-order valence-electron chi connectivity index (χ1n) is 7.97. The van der Waals surface area contributed by atoms with E-state index in [0.29, 0.717) is 21.6 Å². The van der Waals surface area contributed by atoms with Gasteiger partial charge in [-0.25, -0.2) is 4.98 Å². The number of carbonyl (C=O) groups is 1. The number of anilines is 1. The van der Waals surface area contributed by atoms with Crippen LogP contribution in [0, 0.1) is 0 Å². The zero-order valence-corrected chi connectivity index (χ0v) is 14.4. The van der Waals surface area contributed by atoms with E-state index in [4.69, 9.17) is 0 Å². The van der Waals surface area contributed by atoms with Crippen molar-refractivity contribution in [1.29, 1.82) is 0 Å². The zero-order valence-electron chi connectivity index (χ0n) is 13.6. The SMILES string of the molecule is O=C(Cn1cnc2c(-c3ccccc3)nsc2c1=O)Nc1ccccc1. The number of carbonyl (C=O) groups excluding carboxylic acids is 1. The lowest BCUT2D eigenvalue weighted by Crippen LogP contribution is -2.27. The third-order valence-corrected chi connectivity index (χ3v) is 4.69. The number of hydrogen-bond acceptors (Lipinski definition) is 5. The van der Waals surface area contributed by atoms with Crippen LogP contribution in [0.2, 0.25) is 0 Å². The number of hydrogen-bond donors (Lipinski definition) is 1. The summed E-state index contributed by atoms with van der Waals surface area (Å²) >= 11 is 1.10. The number of amides is 1. The molecule has 0 fully saturated rings. The quantitative estimate of drug-likeness (QED) is 0.605. The van der Waals surface area contributed by atoms with Gasteiger partial charge in [0.05, 0.1) is 6.33 Å². The molecule has 2 aromatic heterocycles. The van der Waals surface area contributed by atoms with E-state index < -0.39 is 0 Å². The van der Waals surface area contributed by atoms with E-state index in [2.05, 4.69) is 14.7 Å². The standard InChI is InChI=1S/C19H14N4O2S/c24-15(21-14-9-5-2-6-10-14)11-23-12-20-17-16(13-7-3-1-4-8-13)22-26-18(17)19(23)25/h1-10,12H,11H2,(H,21,24). The minimum Gasteiger partial charge on any atom is -0.325 e. The molecule has 0 saturated heterocycles. The molecule has 0 aliphatic carbocycles. The van der Waals surface area contributed by atoms with Gasteiger partial charge in [-0.15, -0.1) is 0 Å². The first kappa shape index (κ1) is 16.2. The predicted octanol–water partition coefficient (Wildman–Crippen LogP) is 3.16. The maximum atomic E-state index is 12.7. The second kappa shape index (κ2) is 6.89. The summed E-state index contributed by atoms with van der Waals surface area (Å²) < 4.78 is 6.12. The molecule has 0 unspecified atom stereocenters. The molecule has 6 nitrogen and oxygen atoms in total. The van der Waals surface area contributed by atoms with Crippen molar-refractivity contribution in [3.8, 4) is 11.3 Å². The van der Waals surface area contributed by atoms with Crippen molar-refractivity contribution in [2.24, 2.45) is 0 Å². The number of para-hydroxylation sites is 1. The fourth-order valence-corrected chi connectivity index (χ4v) is 3.44.